The van der Waals surface area contributed by atoms with Crippen LogP contribution < -0.4 is 39.4 Å². The Bertz CT molecular complexity index is 5190. The molecule has 18 rings (SSSR count). The SMILES string of the molecule is CCC1=C[C@@H]2CN(CCc3c([nH]c4ccc(I)cc34)[C@@](C)(c3cc4c(cc3C)N(C)C3[C@]45CCN4CC=C[C@@](CC)([C@@H](OC(C)=O)[C@]3(O)C(=O)OC)[C@H]45)C2)C1.CC[C@]1(O)C[C@@H]2CN(CCc3c([nH]c4ccc(I)cc34)[C@@](C)(c3cc4c(cc3C)N(C)C3[C@]45CCN4CC=C[C@@](CC)([C@@H](OC(C)=O)[C@]3(O)C(=O)OC)[C@H]45)C2)C1.O=C=O.O=C=O.[B].[CH3-].[Na+]. The van der Waals surface area contributed by atoms with Crippen molar-refractivity contribution < 1.29 is 102 Å². The van der Waals surface area contributed by atoms with E-state index in [-0.39, 0.29) is 81.1 Å². The molecule has 0 amide bonds. The predicted molar refractivity (Wildman–Crippen MR) is 471 cm³/mol. The van der Waals surface area contributed by atoms with Gasteiger partial charge in [0.1, 0.15) is 0 Å². The molecule has 6 aromatic rings. The Hall–Kier alpha value is -6.34. The molecule has 4 unspecified atom stereocenters. The number of benzene rings is 4. The van der Waals surface area contributed by atoms with Gasteiger partial charge >= 0.3 is 65.7 Å². The molecule has 5 N–H and O–H groups in total. The van der Waals surface area contributed by atoms with Gasteiger partial charge in [-0.2, -0.15) is 19.2 Å². The molecule has 27 heteroatoms. The van der Waals surface area contributed by atoms with Crippen LogP contribution in [0.1, 0.15) is 169 Å². The molecule has 2 saturated carbocycles. The van der Waals surface area contributed by atoms with Crippen molar-refractivity contribution in [2.24, 2.45) is 22.7 Å². The number of aryl methyl sites for hydroxylation is 2. The average molecular weight is 1870 g/mol. The molecule has 4 aromatic carbocycles. The number of aliphatic hydroxyl groups is 3. The number of nitrogens with zero attached hydrogens (tertiary/aromatic N) is 6. The van der Waals surface area contributed by atoms with E-state index in [1.165, 1.54) is 102 Å². The van der Waals surface area contributed by atoms with Crippen molar-refractivity contribution in [2.75, 3.05) is 104 Å². The van der Waals surface area contributed by atoms with E-state index < -0.39 is 92.0 Å². The van der Waals surface area contributed by atoms with Gasteiger partial charge in [-0.05, 0) is 261 Å². The van der Waals surface area contributed by atoms with E-state index in [4.69, 9.17) is 38.1 Å². The molecule has 23 nitrogen and oxygen atoms in total. The summed E-state index contributed by atoms with van der Waals surface area (Å²) in [6, 6.07) is 21.3. The summed E-state index contributed by atoms with van der Waals surface area (Å²) in [5.41, 5.74) is 9.43. The van der Waals surface area contributed by atoms with Gasteiger partial charge in [-0.3, -0.25) is 29.2 Å². The summed E-state index contributed by atoms with van der Waals surface area (Å²) in [6.45, 7) is 29.3. The van der Waals surface area contributed by atoms with Crippen molar-refractivity contribution in [3.8, 4) is 0 Å². The Morgan fingerprint density at radius 1 is 0.583 bits per heavy atom. The van der Waals surface area contributed by atoms with Crippen LogP contribution in [0.5, 0.6) is 0 Å². The van der Waals surface area contributed by atoms with Gasteiger partial charge in [0.2, 0.25) is 11.2 Å². The number of piperidine rings is 1. The molecule has 10 aliphatic heterocycles. The number of ether oxygens (including phenoxy) is 4. The van der Waals surface area contributed by atoms with Gasteiger partial charge in [0.05, 0.1) is 31.9 Å². The van der Waals surface area contributed by atoms with Gasteiger partial charge in [-0.15, -0.1) is 0 Å². The Morgan fingerprint density at radius 3 is 1.43 bits per heavy atom. The van der Waals surface area contributed by atoms with E-state index >= 15 is 0 Å². The number of anilines is 2. The predicted octanol–water partition coefficient (Wildman–Crippen LogP) is 8.20. The van der Waals surface area contributed by atoms with Crippen LogP contribution in [-0.2, 0) is 91.8 Å². The third kappa shape index (κ3) is 13.8. The standard InChI is InChI=1S/C45H57IN4O6.C45H55IN4O5.2CO2.CH3.B.Na/c1-8-42(53)23-28-22-41(5,36-30(13-17-49(24-28)25-42)31-20-29(46)11-12-34(31)47-36)32-21-33-35(19-26(32)3)48(6)38-44(33)15-18-50-16-10-14-43(9-2,37(44)50)39(56-27(4)51)45(38,54)40(52)55-7;1-8-28-20-29-23-42(5,37-31(13-17-49(24-28)25-29)32-21-30(46)11-12-35(32)47-37)33-22-34-36(19-26(33)3)48(6)39-44(34)15-18-50-16-10-14-43(9-2,38(44)50)40(55-27(4)51)45(39,53)41(52)54-7;2*2-1-3;;;/h10-12,14,19-21,28,37-39,47,53-54H,8-9,13,15-18,22-25H2,1-7H3;10-12,14,19-22,29,38-40,47,53H,8-9,13,15-18,23-25H2,1-7H3;;;1H3;;/q;;;;-1;;+1/t28-,37+,38?,39-,41-,42+,43-,44-,45+;29-,38-,39?,40+,42+,43+,44+,45-;;;;;/m10...../s1. The van der Waals surface area contributed by atoms with Gasteiger partial charge in [-0.1, -0.05) is 75.8 Å². The van der Waals surface area contributed by atoms with Crippen molar-refractivity contribution in [1.82, 2.24) is 29.6 Å². The second-order valence-corrected chi connectivity index (χ2v) is 38.7. The number of aromatic nitrogens is 2. The fourth-order valence-corrected chi connectivity index (χ4v) is 27.5. The van der Waals surface area contributed by atoms with Crippen molar-refractivity contribution in [2.45, 2.75) is 215 Å². The van der Waals surface area contributed by atoms with Crippen LogP contribution in [-0.4, -0.2) is 236 Å². The number of H-pyrrole nitrogens is 2. The first-order chi connectivity index (χ1) is 55.7. The minimum atomic E-state index is -2.16. The quantitative estimate of drug-likeness (QED) is 0.0216. The van der Waals surface area contributed by atoms with Crippen LogP contribution in [0.3, 0.4) is 0 Å². The second kappa shape index (κ2) is 34.2. The molecule has 2 aliphatic carbocycles. The number of methoxy groups -OCH3 is 2. The van der Waals surface area contributed by atoms with E-state index in [0.717, 1.165) is 145 Å². The van der Waals surface area contributed by atoms with Crippen molar-refractivity contribution in [3.63, 3.8) is 0 Å². The second-order valence-electron chi connectivity index (χ2n) is 36.3. The van der Waals surface area contributed by atoms with Crippen LogP contribution in [0.25, 0.3) is 21.8 Å². The van der Waals surface area contributed by atoms with Gasteiger partial charge in [0.15, 0.2) is 12.2 Å². The molecule has 2 aromatic heterocycles. The van der Waals surface area contributed by atoms with Gasteiger partial charge in [-0.25, -0.2) is 9.59 Å². The molecule has 120 heavy (non-hydrogen) atoms. The third-order valence-corrected chi connectivity index (χ3v) is 31.8. The summed E-state index contributed by atoms with van der Waals surface area (Å²) in [4.78, 5) is 109. The summed E-state index contributed by atoms with van der Waals surface area (Å²) in [5.74, 6) is -1.95. The fraction of sp³-hybridized carbons (Fsp3) is 0.559. The zero-order chi connectivity index (χ0) is 84.0. The fourth-order valence-electron chi connectivity index (χ4n) is 26.6. The van der Waals surface area contributed by atoms with E-state index in [1.54, 1.807) is 0 Å². The first-order valence-corrected chi connectivity index (χ1v) is 43.9. The first-order valence-electron chi connectivity index (χ1n) is 41.7. The number of carbonyl (C=O) groups excluding carboxylic acids is 8. The van der Waals surface area contributed by atoms with Crippen molar-refractivity contribution in [3.05, 3.63) is 167 Å². The van der Waals surface area contributed by atoms with Crippen LogP contribution in [0.15, 0.2) is 96.6 Å². The smallest absolute Gasteiger partial charge is 0.467 e. The topological polar surface area (TPSA) is 285 Å². The third-order valence-electron chi connectivity index (χ3n) is 30.5. The van der Waals surface area contributed by atoms with Crippen LogP contribution in [0, 0.1) is 51.1 Å². The number of likely N-dealkylation sites (N-methyl/N-ethyl adjacent to an activating group) is 2. The minimum absolute atomic E-state index is 0. The van der Waals surface area contributed by atoms with E-state index in [0.29, 0.717) is 25.3 Å². The molecule has 3 radical (unpaired) electrons. The number of halogens is 2. The number of carbonyl (C=O) groups is 4. The number of hydrogen-bond acceptors (Lipinski definition) is 21. The zero-order valence-electron chi connectivity index (χ0n) is 72.4. The van der Waals surface area contributed by atoms with E-state index in [1.807, 2.05) is 14.1 Å². The number of rotatable bonds is 10. The molecule has 635 valence electrons. The van der Waals surface area contributed by atoms with E-state index in [2.05, 4.69) is 231 Å². The summed E-state index contributed by atoms with van der Waals surface area (Å²) < 4.78 is 25.8. The van der Waals surface area contributed by atoms with Crippen LogP contribution in [0.4, 0.5) is 11.4 Å². The maximum Gasteiger partial charge on any atom is 1.00 e. The van der Waals surface area contributed by atoms with Crippen molar-refractivity contribution in [1.29, 1.82) is 0 Å². The van der Waals surface area contributed by atoms with Gasteiger partial charge in [0.25, 0.3) is 0 Å². The number of aromatic amines is 2. The van der Waals surface area contributed by atoms with E-state index in [9.17, 15) is 34.5 Å². The maximum atomic E-state index is 14.3. The molecular formula is C93H115BI2N8NaO15. The summed E-state index contributed by atoms with van der Waals surface area (Å²) in [6.07, 6.45) is 18.1. The maximum absolute atomic E-state index is 14.3. The van der Waals surface area contributed by atoms with Crippen LogP contribution in [0.2, 0.25) is 0 Å². The number of fused-ring (bicyclic) bond motifs is 12. The number of nitrogens with one attached hydrogen (secondary N) is 2. The largest absolute Gasteiger partial charge is 1.00 e. The minimum Gasteiger partial charge on any atom is -0.467 e. The van der Waals surface area contributed by atoms with Gasteiger partial charge in [0, 0.05) is 185 Å². The first kappa shape index (κ1) is 92.8. The summed E-state index contributed by atoms with van der Waals surface area (Å²) in [5, 5.41) is 41.0. The molecular weight excluding hydrogens is 1760 g/mol. The summed E-state index contributed by atoms with van der Waals surface area (Å²) >= 11 is 4.86. The average Bonchev–Trinajstić information content (AvgIpc) is 1.47. The molecule has 12 aliphatic rings. The van der Waals surface area contributed by atoms with Crippen molar-refractivity contribution >= 4 is 123 Å². The molecule has 2 spiro atoms. The molecule has 3 saturated heterocycles. The summed E-state index contributed by atoms with van der Waals surface area (Å²) in [7, 11) is 6.63. The zero-order valence-corrected chi connectivity index (χ0v) is 78.7. The Balaban J connectivity index is 0.000000202. The molecule has 12 heterocycles. The normalized spacial score (nSPS) is 34.7. The van der Waals surface area contributed by atoms with Gasteiger partial charge < -0.3 is 61.5 Å². The van der Waals surface area contributed by atoms with Crippen LogP contribution >= 0.6 is 45.2 Å². The Labute approximate surface area is 756 Å². The molecule has 5 fully saturated rings. The monoisotopic (exact) mass is 1870 g/mol. The molecule has 4 bridgehead atoms. The Kier molecular flexibility index (Phi) is 26.5. The molecule has 19 atom stereocenters. The number of esters is 4. The Morgan fingerprint density at radius 2 is 1.02 bits per heavy atom. The number of hydrogen-bond donors (Lipinski definition) is 5.